The van der Waals surface area contributed by atoms with Gasteiger partial charge in [-0.05, 0) is 19.1 Å². The molecule has 0 aliphatic heterocycles. The minimum atomic E-state index is 0.134. The maximum atomic E-state index is 5.54. The Kier molecular flexibility index (Phi) is 1.69. The second kappa shape index (κ2) is 2.63. The van der Waals surface area contributed by atoms with Crippen molar-refractivity contribution in [3.05, 3.63) is 35.3 Å². The van der Waals surface area contributed by atoms with E-state index in [0.717, 1.165) is 11.5 Å². The second-order valence-corrected chi connectivity index (χ2v) is 4.16. The lowest BCUT2D eigenvalue weighted by Crippen LogP contribution is -2.00. The Balaban J connectivity index is 2.50. The van der Waals surface area contributed by atoms with Gasteiger partial charge in [-0.3, -0.25) is 0 Å². The Hall–Kier alpha value is -1.24. The van der Waals surface area contributed by atoms with Crippen LogP contribution in [0.2, 0.25) is 0 Å². The van der Waals surface area contributed by atoms with Crippen LogP contribution in [-0.2, 0) is 0 Å². The van der Waals surface area contributed by atoms with Crippen LogP contribution in [0.25, 0.3) is 12.2 Å². The van der Waals surface area contributed by atoms with Crippen LogP contribution in [0, 0.1) is 12.3 Å². The van der Waals surface area contributed by atoms with Gasteiger partial charge in [0.25, 0.3) is 0 Å². The zero-order valence-corrected chi connectivity index (χ0v) is 8.29. The molecule has 0 N–H and O–H groups in total. The molecule has 13 heavy (non-hydrogen) atoms. The summed E-state index contributed by atoms with van der Waals surface area (Å²) in [5, 5.41) is 0. The fraction of sp³-hybridized carbons (Fsp3) is 0.333. The van der Waals surface area contributed by atoms with Crippen molar-refractivity contribution < 1.29 is 4.42 Å². The van der Waals surface area contributed by atoms with Crippen molar-refractivity contribution in [2.75, 3.05) is 0 Å². The van der Waals surface area contributed by atoms with Gasteiger partial charge in [0.05, 0.1) is 0 Å². The third-order valence-electron chi connectivity index (χ3n) is 2.27. The molecule has 0 amide bonds. The first-order valence-corrected chi connectivity index (χ1v) is 4.56. The van der Waals surface area contributed by atoms with E-state index in [1.165, 1.54) is 5.56 Å². The minimum Gasteiger partial charge on any atom is -0.461 e. The summed E-state index contributed by atoms with van der Waals surface area (Å²) in [6.45, 7) is 6.33. The number of allylic oxidation sites excluding steroid dienone is 2. The third kappa shape index (κ3) is 1.59. The second-order valence-electron chi connectivity index (χ2n) is 4.16. The van der Waals surface area contributed by atoms with Crippen molar-refractivity contribution in [3.8, 4) is 0 Å². The molecule has 1 aliphatic rings. The first-order chi connectivity index (χ1) is 6.07. The van der Waals surface area contributed by atoms with E-state index in [2.05, 4.69) is 44.2 Å². The minimum absolute atomic E-state index is 0.134. The highest BCUT2D eigenvalue weighted by molar-refractivity contribution is 5.65. The van der Waals surface area contributed by atoms with Gasteiger partial charge in [0.1, 0.15) is 11.5 Å². The molecule has 1 heteroatoms. The Labute approximate surface area is 78.8 Å². The van der Waals surface area contributed by atoms with E-state index in [4.69, 9.17) is 4.42 Å². The molecule has 0 spiro atoms. The van der Waals surface area contributed by atoms with Gasteiger partial charge in [0, 0.05) is 11.0 Å². The van der Waals surface area contributed by atoms with Crippen LogP contribution in [0.4, 0.5) is 0 Å². The molecule has 0 saturated carbocycles. The van der Waals surface area contributed by atoms with E-state index >= 15 is 0 Å². The van der Waals surface area contributed by atoms with Crippen molar-refractivity contribution >= 4 is 12.2 Å². The van der Waals surface area contributed by atoms with Crippen LogP contribution in [-0.4, -0.2) is 0 Å². The van der Waals surface area contributed by atoms with Crippen molar-refractivity contribution in [1.82, 2.24) is 0 Å². The average molecular weight is 174 g/mol. The van der Waals surface area contributed by atoms with Gasteiger partial charge in [0.15, 0.2) is 0 Å². The standard InChI is InChI=1S/C12H14O/c1-9-8-10-4-6-12(2,3)7-5-11(10)13-9/h4-8H,1-3H3. The molecular formula is C12H14O. The third-order valence-corrected chi connectivity index (χ3v) is 2.27. The number of hydrogen-bond donors (Lipinski definition) is 0. The molecule has 0 fully saturated rings. The van der Waals surface area contributed by atoms with Crippen LogP contribution in [0.5, 0.6) is 0 Å². The van der Waals surface area contributed by atoms with E-state index < -0.39 is 0 Å². The van der Waals surface area contributed by atoms with E-state index in [1.54, 1.807) is 0 Å². The molecule has 1 aliphatic carbocycles. The molecule has 1 aromatic heterocycles. The molecule has 0 aromatic carbocycles. The molecule has 0 atom stereocenters. The molecule has 68 valence electrons. The summed E-state index contributed by atoms with van der Waals surface area (Å²) in [7, 11) is 0. The number of fused-ring (bicyclic) bond motifs is 1. The Morgan fingerprint density at radius 3 is 2.62 bits per heavy atom. The smallest absolute Gasteiger partial charge is 0.133 e. The normalized spacial score (nSPS) is 18.4. The predicted octanol–water partition coefficient (Wildman–Crippen LogP) is 3.65. The van der Waals surface area contributed by atoms with Crippen LogP contribution >= 0.6 is 0 Å². The van der Waals surface area contributed by atoms with E-state index in [-0.39, 0.29) is 5.41 Å². The summed E-state index contributed by atoms with van der Waals surface area (Å²) in [6, 6.07) is 2.07. The maximum Gasteiger partial charge on any atom is 0.133 e. The molecule has 0 unspecified atom stereocenters. The zero-order chi connectivity index (χ0) is 9.47. The van der Waals surface area contributed by atoms with Crippen LogP contribution in [0.15, 0.2) is 22.6 Å². The van der Waals surface area contributed by atoms with Gasteiger partial charge in [-0.1, -0.05) is 32.1 Å². The molecule has 1 aromatic rings. The van der Waals surface area contributed by atoms with Crippen molar-refractivity contribution in [2.45, 2.75) is 20.8 Å². The van der Waals surface area contributed by atoms with Gasteiger partial charge < -0.3 is 4.42 Å². The topological polar surface area (TPSA) is 13.1 Å². The number of aryl methyl sites for hydroxylation is 1. The van der Waals surface area contributed by atoms with Crippen molar-refractivity contribution in [3.63, 3.8) is 0 Å². The quantitative estimate of drug-likeness (QED) is 0.585. The lowest BCUT2D eigenvalue weighted by atomic mass is 9.93. The SMILES string of the molecule is Cc1cc2c(o1)C=CC(C)(C)C=C2. The fourth-order valence-electron chi connectivity index (χ4n) is 1.46. The lowest BCUT2D eigenvalue weighted by Gasteiger charge is -2.11. The first-order valence-electron chi connectivity index (χ1n) is 4.56. The van der Waals surface area contributed by atoms with Gasteiger partial charge in [-0.15, -0.1) is 0 Å². The summed E-state index contributed by atoms with van der Waals surface area (Å²) >= 11 is 0. The van der Waals surface area contributed by atoms with Crippen molar-refractivity contribution in [1.29, 1.82) is 0 Å². The monoisotopic (exact) mass is 174 g/mol. The number of rotatable bonds is 0. The molecule has 0 radical (unpaired) electrons. The molecule has 1 heterocycles. The first kappa shape index (κ1) is 8.36. The molecule has 2 rings (SSSR count). The highest BCUT2D eigenvalue weighted by Crippen LogP contribution is 2.29. The highest BCUT2D eigenvalue weighted by Gasteiger charge is 2.14. The maximum absolute atomic E-state index is 5.54. The largest absolute Gasteiger partial charge is 0.461 e. The van der Waals surface area contributed by atoms with Crippen LogP contribution in [0.3, 0.4) is 0 Å². The number of hydrogen-bond acceptors (Lipinski definition) is 1. The summed E-state index contributed by atoms with van der Waals surface area (Å²) in [5.41, 5.74) is 1.31. The van der Waals surface area contributed by atoms with E-state index in [9.17, 15) is 0 Å². The van der Waals surface area contributed by atoms with Crippen LogP contribution < -0.4 is 0 Å². The molecule has 0 bridgehead atoms. The summed E-state index contributed by atoms with van der Waals surface area (Å²) < 4.78 is 5.54. The highest BCUT2D eigenvalue weighted by atomic mass is 16.3. The lowest BCUT2D eigenvalue weighted by molar-refractivity contribution is 0.523. The predicted molar refractivity (Wildman–Crippen MR) is 55.3 cm³/mol. The Bertz CT molecular complexity index is 344. The average Bonchev–Trinajstić information content (AvgIpc) is 2.34. The van der Waals surface area contributed by atoms with E-state index in [0.29, 0.717) is 0 Å². The summed E-state index contributed by atoms with van der Waals surface area (Å²) in [5.74, 6) is 1.94. The molecular weight excluding hydrogens is 160 g/mol. The van der Waals surface area contributed by atoms with E-state index in [1.807, 2.05) is 6.92 Å². The Morgan fingerprint density at radius 2 is 1.85 bits per heavy atom. The van der Waals surface area contributed by atoms with Crippen LogP contribution in [0.1, 0.15) is 30.9 Å². The molecule has 1 nitrogen and oxygen atoms in total. The summed E-state index contributed by atoms with van der Waals surface area (Å²) in [6.07, 6.45) is 8.55. The number of furan rings is 1. The molecule has 0 saturated heterocycles. The van der Waals surface area contributed by atoms with Crippen molar-refractivity contribution in [2.24, 2.45) is 5.41 Å². The van der Waals surface area contributed by atoms with Gasteiger partial charge in [-0.2, -0.15) is 0 Å². The summed E-state index contributed by atoms with van der Waals surface area (Å²) in [4.78, 5) is 0. The Morgan fingerprint density at radius 1 is 1.15 bits per heavy atom. The zero-order valence-electron chi connectivity index (χ0n) is 8.29. The fourth-order valence-corrected chi connectivity index (χ4v) is 1.46. The van der Waals surface area contributed by atoms with Gasteiger partial charge >= 0.3 is 0 Å². The van der Waals surface area contributed by atoms with Gasteiger partial charge in [0.2, 0.25) is 0 Å². The van der Waals surface area contributed by atoms with Gasteiger partial charge in [-0.25, -0.2) is 0 Å².